The molecule has 0 aliphatic rings. The van der Waals surface area contributed by atoms with Gasteiger partial charge >= 0.3 is 5.71 Å². The summed E-state index contributed by atoms with van der Waals surface area (Å²) in [6.07, 6.45) is 0. The molecule has 1 amide bonds. The van der Waals surface area contributed by atoms with E-state index in [1.54, 1.807) is 45.6 Å². The number of rotatable bonds is 1. The van der Waals surface area contributed by atoms with Crippen LogP contribution in [0.1, 0.15) is 76.7 Å². The molecule has 0 aliphatic carbocycles. The summed E-state index contributed by atoms with van der Waals surface area (Å²) in [5.41, 5.74) is 35.8. The van der Waals surface area contributed by atoms with Crippen LogP contribution in [-0.2, 0) is 4.79 Å². The molecule has 5 atom stereocenters. The van der Waals surface area contributed by atoms with Crippen molar-refractivity contribution in [1.82, 2.24) is 19.9 Å². The van der Waals surface area contributed by atoms with Gasteiger partial charge in [0.15, 0.2) is 0 Å². The maximum Gasteiger partial charge on any atom is 0.317 e. The lowest BCUT2D eigenvalue weighted by molar-refractivity contribution is 0.222. The molecule has 0 saturated heterocycles. The Hall–Kier alpha value is -5.20. The lowest BCUT2D eigenvalue weighted by Crippen LogP contribution is -2.02. The topological polar surface area (TPSA) is 271 Å². The normalized spacial score (nSPS) is 8.05. The third-order valence-electron chi connectivity index (χ3n) is 6.03. The lowest BCUT2D eigenvalue weighted by Gasteiger charge is -2.03. The Labute approximate surface area is 400 Å². The van der Waals surface area contributed by atoms with Crippen molar-refractivity contribution < 1.29 is 19.5 Å². The summed E-state index contributed by atoms with van der Waals surface area (Å²) >= 11 is 0. The molecule has 2 heterocycles. The number of carbonyl (C=O) groups is 3. The van der Waals surface area contributed by atoms with Crippen LogP contribution in [0.3, 0.4) is 0 Å². The Morgan fingerprint density at radius 2 is 0.754 bits per heavy atom. The van der Waals surface area contributed by atoms with Crippen molar-refractivity contribution in [2.45, 2.75) is 76.7 Å². The Balaban J connectivity index is -0.000000154. The SMILES string of the molecule is C.CC.CC.CC.CC.CC.Nc1ccccc1N.Nc1ccccc1N.Nc1ccccc1NC(=O)P.O=C(O)P.O=CP.Pc1nc2ccccc2[nH]1.Pc1nc2ccccc2[nH]1. The minimum atomic E-state index is -0.917. The van der Waals surface area contributed by atoms with Crippen molar-refractivity contribution in [3.8, 4) is 0 Å². The molecule has 65 heavy (non-hydrogen) atoms. The van der Waals surface area contributed by atoms with Crippen molar-refractivity contribution in [2.24, 2.45) is 0 Å². The molecule has 14 nitrogen and oxygen atoms in total. The number of hydrogen-bond acceptors (Lipinski definition) is 10. The summed E-state index contributed by atoms with van der Waals surface area (Å²) in [6.45, 7) is 20.0. The van der Waals surface area contributed by atoms with Crippen molar-refractivity contribution >= 4 is 131 Å². The van der Waals surface area contributed by atoms with Crippen molar-refractivity contribution in [3.63, 3.8) is 0 Å². The van der Waals surface area contributed by atoms with E-state index in [2.05, 4.69) is 43.7 Å². The molecule has 5 unspecified atom stereocenters. The van der Waals surface area contributed by atoms with E-state index in [4.69, 9.17) is 43.4 Å². The van der Waals surface area contributed by atoms with E-state index in [-0.39, 0.29) is 13.1 Å². The maximum absolute atomic E-state index is 10.6. The number of H-pyrrole nitrogens is 2. The molecule has 0 bridgehead atoms. The number of hydrogen-bond donors (Lipinski definition) is 9. The lowest BCUT2D eigenvalue weighted by atomic mass is 10.3. The van der Waals surface area contributed by atoms with Crippen LogP contribution >= 0.6 is 46.2 Å². The van der Waals surface area contributed by atoms with Gasteiger partial charge in [-0.3, -0.25) is 9.59 Å². The largest absolute Gasteiger partial charge is 0.479 e. The van der Waals surface area contributed by atoms with Crippen LogP contribution in [0, 0.1) is 0 Å². The Bertz CT molecular complexity index is 1960. The first-order chi connectivity index (χ1) is 30.7. The second-order valence-electron chi connectivity index (χ2n) is 10.1. The number of amides is 1. The Morgan fingerprint density at radius 3 is 0.985 bits per heavy atom. The zero-order valence-electron chi connectivity index (χ0n) is 39.0. The maximum atomic E-state index is 10.6. The standard InChI is InChI=1S/C7H9N2OP.2C7H7N2P.2C6H8N2.5C2H6.CH3O2P.CH3OP.CH4/c8-5-3-1-2-4-6(5)9-7(10)11;2*10-7-8-5-3-1-2-4-6(5)9-7;2*7-5-3-1-2-4-6(5)8;5*1-2;2-1(3)4;2-1-3;/h1-4H,8,11H2,(H,9,10);2*1-4H,10H2,(H,8,9);2*1-4H,7-8H2;5*1-2H3;4H2,(H,2,3);1H,3H2;1H4. The molecule has 7 aromatic rings. The van der Waals surface area contributed by atoms with E-state index in [9.17, 15) is 4.79 Å². The predicted molar refractivity (Wildman–Crippen MR) is 309 cm³/mol. The van der Waals surface area contributed by atoms with Gasteiger partial charge in [0.05, 0.1) is 56.2 Å². The third kappa shape index (κ3) is 38.9. The number of para-hydroxylation sites is 10. The number of nitrogens with zero attached hydrogens (tertiary/aromatic N) is 2. The second-order valence-corrected chi connectivity index (χ2v) is 12.5. The Kier molecular flexibility index (Phi) is 54.7. The van der Waals surface area contributed by atoms with Crippen LogP contribution in [0.5, 0.6) is 0 Å². The summed E-state index contributed by atoms with van der Waals surface area (Å²) in [5, 5.41) is 9.95. The summed E-state index contributed by atoms with van der Waals surface area (Å²) in [6, 6.07) is 38.2. The Morgan fingerprint density at radius 1 is 0.523 bits per heavy atom. The molecule has 19 heteroatoms. The van der Waals surface area contributed by atoms with Gasteiger partial charge in [0.25, 0.3) is 0 Å². The van der Waals surface area contributed by atoms with Gasteiger partial charge in [-0.25, -0.2) is 14.8 Å². The van der Waals surface area contributed by atoms with Crippen molar-refractivity contribution in [3.05, 3.63) is 121 Å². The van der Waals surface area contributed by atoms with E-state index < -0.39 is 5.71 Å². The minimum Gasteiger partial charge on any atom is -0.479 e. The van der Waals surface area contributed by atoms with E-state index in [0.717, 1.165) is 33.2 Å². The van der Waals surface area contributed by atoms with Gasteiger partial charge in [-0.2, -0.15) is 0 Å². The zero-order chi connectivity index (χ0) is 50.5. The number of nitrogens with one attached hydrogen (secondary N) is 3. The molecule has 2 aromatic heterocycles. The first-order valence-corrected chi connectivity index (χ1v) is 23.3. The summed E-state index contributed by atoms with van der Waals surface area (Å²) < 4.78 is 0. The highest BCUT2D eigenvalue weighted by atomic mass is 31.0. The van der Waals surface area contributed by atoms with E-state index in [1.165, 1.54) is 0 Å². The van der Waals surface area contributed by atoms with Crippen LogP contribution < -0.4 is 45.1 Å². The van der Waals surface area contributed by atoms with Crippen molar-refractivity contribution in [1.29, 1.82) is 0 Å². The van der Waals surface area contributed by atoms with Crippen LogP contribution in [0.25, 0.3) is 22.1 Å². The predicted octanol–water partition coefficient (Wildman–Crippen LogP) is 11.9. The molecule has 0 saturated carbocycles. The van der Waals surface area contributed by atoms with Gasteiger partial charge < -0.3 is 49.1 Å². The van der Waals surface area contributed by atoms with Crippen LogP contribution in [-0.4, -0.2) is 42.4 Å². The van der Waals surface area contributed by atoms with Gasteiger partial charge in [-0.1, -0.05) is 165 Å². The third-order valence-corrected chi connectivity index (χ3v) is 6.72. The van der Waals surface area contributed by atoms with Crippen LogP contribution in [0.4, 0.5) is 43.7 Å². The van der Waals surface area contributed by atoms with E-state index >= 15 is 0 Å². The smallest absolute Gasteiger partial charge is 0.317 e. The van der Waals surface area contributed by atoms with Crippen molar-refractivity contribution in [2.75, 3.05) is 34.0 Å². The number of anilines is 6. The number of nitrogen functional groups attached to an aromatic ring is 5. The zero-order valence-corrected chi connectivity index (χ0v) is 44.7. The molecule has 14 N–H and O–H groups in total. The van der Waals surface area contributed by atoms with Gasteiger partial charge in [0.2, 0.25) is 5.65 Å². The number of carbonyl (C=O) groups excluding carboxylic acids is 2. The van der Waals surface area contributed by atoms with Gasteiger partial charge in [0.1, 0.15) is 17.2 Å². The van der Waals surface area contributed by atoms with E-state index in [1.807, 2.05) is 173 Å². The minimum absolute atomic E-state index is 0. The molecule has 0 spiro atoms. The summed E-state index contributed by atoms with van der Waals surface area (Å²) in [4.78, 5) is 43.0. The number of carboxylic acid groups (broad SMARTS) is 1. The second kappa shape index (κ2) is 49.8. The fraction of sp³-hybridized carbons (Fsp3) is 0.239. The molecule has 5 aromatic carbocycles. The summed E-state index contributed by atoms with van der Waals surface area (Å²) in [5.74, 6) is 0. The highest BCUT2D eigenvalue weighted by Gasteiger charge is 1.98. The number of aromatic amines is 2. The fourth-order valence-electron chi connectivity index (χ4n) is 3.71. The molecular formula is C46H79N10O4P5. The highest BCUT2D eigenvalue weighted by molar-refractivity contribution is 7.40. The van der Waals surface area contributed by atoms with Crippen LogP contribution in [0.2, 0.25) is 0 Å². The highest BCUT2D eigenvalue weighted by Crippen LogP contribution is 2.17. The van der Waals surface area contributed by atoms with Crippen LogP contribution in [0.15, 0.2) is 121 Å². The number of imidazole rings is 2. The molecule has 0 fully saturated rings. The average molecular weight is 991 g/mol. The van der Waals surface area contributed by atoms with E-state index in [0.29, 0.717) is 40.2 Å². The number of fused-ring (bicyclic) bond motifs is 2. The number of benzene rings is 5. The fourth-order valence-corrected chi connectivity index (χ4v) is 4.46. The summed E-state index contributed by atoms with van der Waals surface area (Å²) in [7, 11) is 10.6. The quantitative estimate of drug-likeness (QED) is 0.0424. The van der Waals surface area contributed by atoms with Gasteiger partial charge in [-0.15, -0.1) is 0 Å². The molecular weight excluding hydrogens is 911 g/mol. The molecule has 7 rings (SSSR count). The monoisotopic (exact) mass is 990 g/mol. The number of nitrogens with two attached hydrogens (primary N) is 5. The number of aromatic nitrogens is 4. The average Bonchev–Trinajstić information content (AvgIpc) is 3.89. The molecule has 0 radical (unpaired) electrons. The first kappa shape index (κ1) is 71.4. The first-order valence-electron chi connectivity index (χ1n) is 20.3. The molecule has 0 aliphatic heterocycles. The van der Waals surface area contributed by atoms with Gasteiger partial charge in [-0.05, 0) is 79.1 Å². The molecule has 362 valence electrons. The van der Waals surface area contributed by atoms with Gasteiger partial charge in [0, 0.05) is 0 Å².